The average Bonchev–Trinajstić information content (AvgIpc) is 2.46. The quantitative estimate of drug-likeness (QED) is 0.593. The zero-order chi connectivity index (χ0) is 16.2. The Kier molecular flexibility index (Phi) is 5.40. The molecule has 0 radical (unpaired) electrons. The minimum absolute atomic E-state index is 0.0243. The molecule has 1 heterocycles. The summed E-state index contributed by atoms with van der Waals surface area (Å²) in [4.78, 5) is 0.0243. The zero-order valence-electron chi connectivity index (χ0n) is 11.9. The Labute approximate surface area is 130 Å². The molecule has 0 aromatic heterocycles. The van der Waals surface area contributed by atoms with Crippen LogP contribution in [-0.4, -0.2) is 64.1 Å². The van der Waals surface area contributed by atoms with Gasteiger partial charge in [-0.15, -0.1) is 0 Å². The van der Waals surface area contributed by atoms with E-state index in [1.54, 1.807) is 12.1 Å². The summed E-state index contributed by atoms with van der Waals surface area (Å²) in [6, 6.07) is 6.19. The molecule has 124 valence electrons. The largest absolute Gasteiger partial charge is 0.319 e. The van der Waals surface area contributed by atoms with E-state index < -0.39 is 31.5 Å². The van der Waals surface area contributed by atoms with Crippen molar-refractivity contribution in [2.24, 2.45) is 0 Å². The smallest absolute Gasteiger partial charge is 0.265 e. The van der Waals surface area contributed by atoms with Gasteiger partial charge in [-0.3, -0.25) is 4.55 Å². The van der Waals surface area contributed by atoms with Crippen molar-refractivity contribution in [3.05, 3.63) is 24.3 Å². The van der Waals surface area contributed by atoms with Gasteiger partial charge in [-0.05, 0) is 18.2 Å². The fourth-order valence-corrected chi connectivity index (χ4v) is 4.60. The highest BCUT2D eigenvalue weighted by Crippen LogP contribution is 2.17. The third-order valence-electron chi connectivity index (χ3n) is 3.21. The van der Waals surface area contributed by atoms with Crippen molar-refractivity contribution in [3.63, 3.8) is 0 Å². The highest BCUT2D eigenvalue weighted by atomic mass is 32.2. The van der Waals surface area contributed by atoms with Gasteiger partial charge in [0.15, 0.2) is 9.84 Å². The summed E-state index contributed by atoms with van der Waals surface area (Å²) in [7, 11) is -8.07. The number of benzene rings is 1. The Bertz CT molecular complexity index is 712. The normalized spacial score (nSPS) is 17.3. The number of rotatable bonds is 6. The van der Waals surface area contributed by atoms with E-state index >= 15 is 0 Å². The number of nitrogens with one attached hydrogen (secondary N) is 2. The Balaban J connectivity index is 2.09. The number of anilines is 1. The van der Waals surface area contributed by atoms with Crippen LogP contribution in [-0.2, 0) is 20.0 Å². The summed E-state index contributed by atoms with van der Waals surface area (Å²) in [5, 5.41) is 5.18. The summed E-state index contributed by atoms with van der Waals surface area (Å²) >= 11 is 0. The van der Waals surface area contributed by atoms with Crippen LogP contribution < -0.4 is 10.7 Å². The van der Waals surface area contributed by atoms with Crippen LogP contribution in [0.15, 0.2) is 29.2 Å². The summed E-state index contributed by atoms with van der Waals surface area (Å²) < 4.78 is 54.3. The van der Waals surface area contributed by atoms with Crippen LogP contribution in [0.1, 0.15) is 0 Å². The molecule has 22 heavy (non-hydrogen) atoms. The maximum atomic E-state index is 12.1. The molecule has 10 heteroatoms. The first-order valence-corrected chi connectivity index (χ1v) is 10.0. The summed E-state index contributed by atoms with van der Waals surface area (Å²) in [5.74, 6) is -1.46. The number of nitrogens with zero attached hydrogens (tertiary/aromatic N) is 1. The fraction of sp³-hybridized carbons (Fsp3) is 0.500. The van der Waals surface area contributed by atoms with E-state index in [4.69, 9.17) is 4.55 Å². The van der Waals surface area contributed by atoms with Crippen molar-refractivity contribution in [1.29, 1.82) is 0 Å². The van der Waals surface area contributed by atoms with Gasteiger partial charge in [0, 0.05) is 26.2 Å². The number of sulfone groups is 1. The van der Waals surface area contributed by atoms with Crippen LogP contribution >= 0.6 is 0 Å². The molecule has 1 saturated heterocycles. The molecule has 0 unspecified atom stereocenters. The van der Waals surface area contributed by atoms with Crippen LogP contribution in [0.4, 0.5) is 5.69 Å². The molecule has 0 aliphatic carbocycles. The first-order chi connectivity index (χ1) is 10.3. The lowest BCUT2D eigenvalue weighted by Crippen LogP contribution is -2.46. The van der Waals surface area contributed by atoms with Crippen molar-refractivity contribution in [3.8, 4) is 0 Å². The summed E-state index contributed by atoms with van der Waals surface area (Å²) in [6.45, 7) is 3.28. The van der Waals surface area contributed by atoms with Gasteiger partial charge >= 0.3 is 0 Å². The summed E-state index contributed by atoms with van der Waals surface area (Å²) in [6.07, 6.45) is 0. The molecular formula is C12H19N3O5S2. The Hall–Kier alpha value is -1.20. The van der Waals surface area contributed by atoms with E-state index in [2.05, 4.69) is 10.7 Å². The van der Waals surface area contributed by atoms with Gasteiger partial charge in [0.2, 0.25) is 0 Å². The van der Waals surface area contributed by atoms with Crippen molar-refractivity contribution < 1.29 is 21.4 Å². The van der Waals surface area contributed by atoms with E-state index in [-0.39, 0.29) is 4.90 Å². The van der Waals surface area contributed by atoms with Gasteiger partial charge in [-0.25, -0.2) is 13.4 Å². The zero-order valence-corrected chi connectivity index (χ0v) is 13.5. The van der Waals surface area contributed by atoms with Gasteiger partial charge in [0.1, 0.15) is 0 Å². The minimum atomic E-state index is -4.31. The molecule has 1 fully saturated rings. The topological polar surface area (TPSA) is 116 Å². The minimum Gasteiger partial charge on any atom is -0.319 e. The first-order valence-electron chi connectivity index (χ1n) is 6.77. The van der Waals surface area contributed by atoms with Crippen LogP contribution in [0.25, 0.3) is 0 Å². The van der Waals surface area contributed by atoms with E-state index in [1.165, 1.54) is 12.1 Å². The lowest BCUT2D eigenvalue weighted by Gasteiger charge is -2.28. The van der Waals surface area contributed by atoms with Crippen LogP contribution in [0.5, 0.6) is 0 Å². The van der Waals surface area contributed by atoms with E-state index in [0.717, 1.165) is 26.2 Å². The Morgan fingerprint density at radius 3 is 2.45 bits per heavy atom. The maximum Gasteiger partial charge on any atom is 0.265 e. The Morgan fingerprint density at radius 2 is 1.82 bits per heavy atom. The van der Waals surface area contributed by atoms with Gasteiger partial charge in [-0.1, -0.05) is 6.07 Å². The molecule has 2 rings (SSSR count). The molecule has 0 bridgehead atoms. The lowest BCUT2D eigenvalue weighted by atomic mass is 10.3. The molecule has 8 nitrogen and oxygen atoms in total. The highest BCUT2D eigenvalue weighted by Gasteiger charge is 2.19. The second-order valence-electron chi connectivity index (χ2n) is 4.98. The standard InChI is InChI=1S/C12H19N3O5S2/c16-21(17,8-9-22(18,19)20)12-3-1-2-11(10-12)14-15-6-4-13-5-7-15/h1-3,10,13-14H,4-9H2,(H,18,19,20). The molecule has 3 N–H and O–H groups in total. The van der Waals surface area contributed by atoms with E-state index in [1.807, 2.05) is 5.01 Å². The predicted octanol–water partition coefficient (Wildman–Crippen LogP) is -0.420. The van der Waals surface area contributed by atoms with Crippen molar-refractivity contribution in [1.82, 2.24) is 10.3 Å². The fourth-order valence-electron chi connectivity index (χ4n) is 2.05. The first kappa shape index (κ1) is 17.2. The van der Waals surface area contributed by atoms with Crippen molar-refractivity contribution >= 4 is 25.6 Å². The maximum absolute atomic E-state index is 12.1. The number of hydrogen-bond acceptors (Lipinski definition) is 7. The molecule has 0 saturated carbocycles. The predicted molar refractivity (Wildman–Crippen MR) is 83.0 cm³/mol. The Morgan fingerprint density at radius 1 is 1.14 bits per heavy atom. The van der Waals surface area contributed by atoms with E-state index in [0.29, 0.717) is 5.69 Å². The molecule has 0 atom stereocenters. The van der Waals surface area contributed by atoms with Gasteiger partial charge in [0.05, 0.1) is 22.1 Å². The average molecular weight is 349 g/mol. The number of piperazine rings is 1. The second-order valence-corrected chi connectivity index (χ2v) is 8.66. The third-order valence-corrected chi connectivity index (χ3v) is 5.90. The third kappa shape index (κ3) is 5.21. The van der Waals surface area contributed by atoms with Gasteiger partial charge in [-0.2, -0.15) is 8.42 Å². The van der Waals surface area contributed by atoms with Crippen LogP contribution in [0.2, 0.25) is 0 Å². The molecule has 1 aliphatic rings. The van der Waals surface area contributed by atoms with Crippen molar-refractivity contribution in [2.45, 2.75) is 4.90 Å². The molecular weight excluding hydrogens is 330 g/mol. The van der Waals surface area contributed by atoms with Crippen molar-refractivity contribution in [2.75, 3.05) is 43.1 Å². The van der Waals surface area contributed by atoms with Gasteiger partial charge in [0.25, 0.3) is 10.1 Å². The van der Waals surface area contributed by atoms with Crippen LogP contribution in [0.3, 0.4) is 0 Å². The SMILES string of the molecule is O=S(=O)(O)CCS(=O)(=O)c1cccc(NN2CCNCC2)c1. The molecule has 0 amide bonds. The monoisotopic (exact) mass is 349 g/mol. The van der Waals surface area contributed by atoms with Crippen LogP contribution in [0, 0.1) is 0 Å². The summed E-state index contributed by atoms with van der Waals surface area (Å²) in [5.41, 5.74) is 3.75. The molecule has 1 aromatic carbocycles. The highest BCUT2D eigenvalue weighted by molar-refractivity contribution is 7.93. The lowest BCUT2D eigenvalue weighted by molar-refractivity contribution is 0.287. The molecule has 1 aromatic rings. The second kappa shape index (κ2) is 6.92. The molecule has 1 aliphatic heterocycles. The van der Waals surface area contributed by atoms with Gasteiger partial charge < -0.3 is 10.7 Å². The van der Waals surface area contributed by atoms with E-state index in [9.17, 15) is 16.8 Å². The number of hydrogen-bond donors (Lipinski definition) is 3. The number of hydrazine groups is 1. The molecule has 0 spiro atoms.